The number of nitrogens with one attached hydrogen (secondary N) is 1. The van der Waals surface area contributed by atoms with Gasteiger partial charge in [-0.1, -0.05) is 35.1 Å². The van der Waals surface area contributed by atoms with Gasteiger partial charge in [0.05, 0.1) is 5.75 Å². The second-order valence-corrected chi connectivity index (χ2v) is 5.28. The van der Waals surface area contributed by atoms with E-state index in [1.807, 2.05) is 37.4 Å². The van der Waals surface area contributed by atoms with Crippen molar-refractivity contribution in [1.29, 1.82) is 0 Å². The van der Waals surface area contributed by atoms with E-state index in [4.69, 9.17) is 4.42 Å². The smallest absolute Gasteiger partial charge is 0.322 e. The zero-order valence-corrected chi connectivity index (χ0v) is 12.4. The zero-order valence-electron chi connectivity index (χ0n) is 11.6. The number of carbonyl (C=O) groups is 1. The minimum absolute atomic E-state index is 0.0717. The number of thioether (sulfide) groups is 1. The predicted molar refractivity (Wildman–Crippen MR) is 80.1 cm³/mol. The highest BCUT2D eigenvalue weighted by molar-refractivity contribution is 7.99. The molecule has 3 rings (SSSR count). The molecule has 2 heterocycles. The summed E-state index contributed by atoms with van der Waals surface area (Å²) in [6, 6.07) is 9.41. The van der Waals surface area contributed by atoms with Crippen LogP contribution in [0.3, 0.4) is 0 Å². The van der Waals surface area contributed by atoms with Gasteiger partial charge in [-0.3, -0.25) is 10.1 Å². The van der Waals surface area contributed by atoms with Crippen molar-refractivity contribution in [2.75, 3.05) is 11.1 Å². The molecule has 0 aliphatic heterocycles. The van der Waals surface area contributed by atoms with Crippen molar-refractivity contribution in [2.45, 2.75) is 5.16 Å². The Balaban J connectivity index is 1.58. The summed E-state index contributed by atoms with van der Waals surface area (Å²) in [6.07, 6.45) is 1.57. The van der Waals surface area contributed by atoms with Crippen molar-refractivity contribution in [3.8, 4) is 11.5 Å². The minimum atomic E-state index is -0.253. The van der Waals surface area contributed by atoms with Gasteiger partial charge in [0.15, 0.2) is 5.16 Å². The zero-order chi connectivity index (χ0) is 15.4. The Kier molecular flexibility index (Phi) is 4.15. The fraction of sp³-hybridized carbons (Fsp3) is 0.154. The van der Waals surface area contributed by atoms with Gasteiger partial charge in [0.25, 0.3) is 0 Å². The molecule has 0 spiro atoms. The number of amides is 1. The first-order valence-electron chi connectivity index (χ1n) is 6.38. The van der Waals surface area contributed by atoms with Crippen molar-refractivity contribution >= 4 is 23.7 Å². The summed E-state index contributed by atoms with van der Waals surface area (Å²) in [7, 11) is 1.81. The van der Waals surface area contributed by atoms with Crippen LogP contribution < -0.4 is 5.32 Å². The van der Waals surface area contributed by atoms with Crippen molar-refractivity contribution in [2.24, 2.45) is 7.05 Å². The van der Waals surface area contributed by atoms with E-state index < -0.39 is 0 Å². The van der Waals surface area contributed by atoms with Crippen LogP contribution in [0, 0.1) is 0 Å². The van der Waals surface area contributed by atoms with Gasteiger partial charge in [-0.25, -0.2) is 0 Å². The maximum atomic E-state index is 11.8. The standard InChI is InChI=1S/C13H12N6O2S/c1-19-8-14-18-13(19)22-7-10(20)15-12-17-16-11(21-12)9-5-3-2-4-6-9/h2-6,8H,7H2,1H3,(H,15,17,20). The Labute approximate surface area is 130 Å². The summed E-state index contributed by atoms with van der Waals surface area (Å²) in [5, 5.41) is 18.5. The molecule has 9 heteroatoms. The predicted octanol–water partition coefficient (Wildman–Crippen LogP) is 1.60. The lowest BCUT2D eigenvalue weighted by Gasteiger charge is -2.00. The summed E-state index contributed by atoms with van der Waals surface area (Å²) in [5.41, 5.74) is 0.795. The molecule has 0 saturated heterocycles. The summed E-state index contributed by atoms with van der Waals surface area (Å²) < 4.78 is 7.14. The quantitative estimate of drug-likeness (QED) is 0.714. The third-order valence-corrected chi connectivity index (χ3v) is 3.73. The topological polar surface area (TPSA) is 98.7 Å². The monoisotopic (exact) mass is 316 g/mol. The van der Waals surface area contributed by atoms with Crippen molar-refractivity contribution < 1.29 is 9.21 Å². The second-order valence-electron chi connectivity index (χ2n) is 4.34. The molecule has 0 atom stereocenters. The van der Waals surface area contributed by atoms with Crippen LogP contribution in [0.25, 0.3) is 11.5 Å². The average Bonchev–Trinajstić information content (AvgIpc) is 3.15. The lowest BCUT2D eigenvalue weighted by molar-refractivity contribution is -0.113. The van der Waals surface area contributed by atoms with Gasteiger partial charge < -0.3 is 8.98 Å². The van der Waals surface area contributed by atoms with E-state index in [0.29, 0.717) is 11.0 Å². The molecule has 22 heavy (non-hydrogen) atoms. The van der Waals surface area contributed by atoms with E-state index in [9.17, 15) is 4.79 Å². The van der Waals surface area contributed by atoms with Crippen LogP contribution in [0.4, 0.5) is 6.01 Å². The lowest BCUT2D eigenvalue weighted by Crippen LogP contribution is -2.14. The van der Waals surface area contributed by atoms with E-state index in [2.05, 4.69) is 25.7 Å². The van der Waals surface area contributed by atoms with Crippen molar-refractivity contribution in [3.05, 3.63) is 36.7 Å². The molecule has 0 fully saturated rings. The number of hydrogen-bond donors (Lipinski definition) is 1. The van der Waals surface area contributed by atoms with Crippen LogP contribution in [0.15, 0.2) is 46.2 Å². The Bertz CT molecular complexity index is 770. The number of benzene rings is 1. The highest BCUT2D eigenvalue weighted by Crippen LogP contribution is 2.19. The first kappa shape index (κ1) is 14.3. The van der Waals surface area contributed by atoms with Crippen LogP contribution in [0.2, 0.25) is 0 Å². The van der Waals surface area contributed by atoms with Gasteiger partial charge in [0.2, 0.25) is 11.8 Å². The maximum absolute atomic E-state index is 11.8. The third kappa shape index (κ3) is 3.31. The Morgan fingerprint density at radius 1 is 1.27 bits per heavy atom. The van der Waals surface area contributed by atoms with Gasteiger partial charge in [-0.2, -0.15) is 0 Å². The van der Waals surface area contributed by atoms with Crippen LogP contribution in [0.5, 0.6) is 0 Å². The number of hydrogen-bond acceptors (Lipinski definition) is 7. The SMILES string of the molecule is Cn1cnnc1SCC(=O)Nc1nnc(-c2ccccc2)o1. The molecule has 0 aliphatic carbocycles. The van der Waals surface area contributed by atoms with Gasteiger partial charge in [-0.05, 0) is 12.1 Å². The van der Waals surface area contributed by atoms with Crippen molar-refractivity contribution in [3.63, 3.8) is 0 Å². The van der Waals surface area contributed by atoms with E-state index in [1.165, 1.54) is 11.8 Å². The maximum Gasteiger partial charge on any atom is 0.322 e. The summed E-state index contributed by atoms with van der Waals surface area (Å²) in [4.78, 5) is 11.8. The van der Waals surface area contributed by atoms with Gasteiger partial charge in [0.1, 0.15) is 6.33 Å². The molecule has 0 aliphatic rings. The first-order valence-corrected chi connectivity index (χ1v) is 7.36. The van der Waals surface area contributed by atoms with E-state index in [-0.39, 0.29) is 17.7 Å². The third-order valence-electron chi connectivity index (χ3n) is 2.69. The van der Waals surface area contributed by atoms with E-state index >= 15 is 0 Å². The highest BCUT2D eigenvalue weighted by Gasteiger charge is 2.12. The molecule has 0 radical (unpaired) electrons. The van der Waals surface area contributed by atoms with E-state index in [0.717, 1.165) is 5.56 Å². The van der Waals surface area contributed by atoms with Gasteiger partial charge in [-0.15, -0.1) is 15.3 Å². The minimum Gasteiger partial charge on any atom is -0.403 e. The molecule has 1 aromatic carbocycles. The fourth-order valence-electron chi connectivity index (χ4n) is 1.66. The molecule has 0 unspecified atom stereocenters. The molecule has 8 nitrogen and oxygen atoms in total. The first-order chi connectivity index (χ1) is 10.7. The lowest BCUT2D eigenvalue weighted by atomic mass is 10.2. The largest absolute Gasteiger partial charge is 0.403 e. The average molecular weight is 316 g/mol. The summed E-state index contributed by atoms with van der Waals surface area (Å²) in [5.74, 6) is 0.281. The number of rotatable bonds is 5. The second kappa shape index (κ2) is 6.39. The number of anilines is 1. The van der Waals surface area contributed by atoms with Crippen LogP contribution in [-0.4, -0.2) is 36.6 Å². The molecule has 0 bridgehead atoms. The molecule has 0 saturated carbocycles. The van der Waals surface area contributed by atoms with E-state index in [1.54, 1.807) is 10.9 Å². The Morgan fingerprint density at radius 2 is 2.09 bits per heavy atom. The van der Waals surface area contributed by atoms with Gasteiger partial charge in [0, 0.05) is 12.6 Å². The fourth-order valence-corrected chi connectivity index (χ4v) is 2.35. The molecule has 1 amide bonds. The number of nitrogens with zero attached hydrogens (tertiary/aromatic N) is 5. The van der Waals surface area contributed by atoms with Crippen LogP contribution in [-0.2, 0) is 11.8 Å². The number of aromatic nitrogens is 5. The summed E-state index contributed by atoms with van der Waals surface area (Å²) >= 11 is 1.27. The highest BCUT2D eigenvalue weighted by atomic mass is 32.2. The summed E-state index contributed by atoms with van der Waals surface area (Å²) in [6.45, 7) is 0. The molecular weight excluding hydrogens is 304 g/mol. The molecular formula is C13H12N6O2S. The Morgan fingerprint density at radius 3 is 2.82 bits per heavy atom. The number of carbonyl (C=O) groups excluding carboxylic acids is 1. The molecule has 1 N–H and O–H groups in total. The molecule has 2 aromatic heterocycles. The Hall–Kier alpha value is -2.68. The van der Waals surface area contributed by atoms with Crippen LogP contribution >= 0.6 is 11.8 Å². The van der Waals surface area contributed by atoms with Gasteiger partial charge >= 0.3 is 6.01 Å². The van der Waals surface area contributed by atoms with Crippen molar-refractivity contribution in [1.82, 2.24) is 25.0 Å². The number of aryl methyl sites for hydroxylation is 1. The van der Waals surface area contributed by atoms with Crippen LogP contribution in [0.1, 0.15) is 0 Å². The normalized spacial score (nSPS) is 10.6. The molecule has 112 valence electrons. The molecule has 3 aromatic rings.